The number of nitrogens with zero attached hydrogens (tertiary/aromatic N) is 1. The Labute approximate surface area is 114 Å². The molecule has 1 fully saturated rings. The van der Waals surface area contributed by atoms with Gasteiger partial charge in [0.05, 0.1) is 19.3 Å². The monoisotopic (exact) mass is 272 g/mol. The molecule has 2 rings (SSSR count). The molecule has 0 spiro atoms. The molecule has 0 aromatic heterocycles. The van der Waals surface area contributed by atoms with Gasteiger partial charge in [0.15, 0.2) is 0 Å². The Morgan fingerprint density at radius 2 is 1.89 bits per heavy atom. The third kappa shape index (κ3) is 3.85. The van der Waals surface area contributed by atoms with Crippen molar-refractivity contribution in [3.05, 3.63) is 29.8 Å². The van der Waals surface area contributed by atoms with Gasteiger partial charge < -0.3 is 20.1 Å². The average Bonchev–Trinajstić information content (AvgIpc) is 2.40. The molecule has 2 N–H and O–H groups in total. The van der Waals surface area contributed by atoms with Crippen LogP contribution in [0.4, 0.5) is 5.69 Å². The quantitative estimate of drug-likeness (QED) is 0.865. The number of benzene rings is 1. The molecule has 4 nitrogen and oxygen atoms in total. The maximum atomic E-state index is 9.83. The van der Waals surface area contributed by atoms with Crippen molar-refractivity contribution in [1.29, 1.82) is 0 Å². The predicted octanol–water partition coefficient (Wildman–Crippen LogP) is 1.20. The molecule has 5 heteroatoms. The number of anilines is 1. The summed E-state index contributed by atoms with van der Waals surface area (Å²) in [4.78, 5) is 2.30. The SMILES string of the molecule is CNCC(O)c1ccc(N2CCOCC2)cc1.Cl. The van der Waals surface area contributed by atoms with Crippen molar-refractivity contribution >= 4 is 18.1 Å². The van der Waals surface area contributed by atoms with Crippen LogP contribution in [-0.4, -0.2) is 45.0 Å². The molecule has 0 aliphatic carbocycles. The minimum Gasteiger partial charge on any atom is -0.387 e. The highest BCUT2D eigenvalue weighted by Crippen LogP contribution is 2.19. The Morgan fingerprint density at radius 1 is 1.28 bits per heavy atom. The van der Waals surface area contributed by atoms with Gasteiger partial charge in [-0.25, -0.2) is 0 Å². The summed E-state index contributed by atoms with van der Waals surface area (Å²) in [5.74, 6) is 0. The van der Waals surface area contributed by atoms with E-state index in [1.165, 1.54) is 5.69 Å². The van der Waals surface area contributed by atoms with Crippen molar-refractivity contribution in [2.75, 3.05) is 44.8 Å². The maximum absolute atomic E-state index is 9.83. The Balaban J connectivity index is 0.00000162. The lowest BCUT2D eigenvalue weighted by molar-refractivity contribution is 0.122. The summed E-state index contributed by atoms with van der Waals surface area (Å²) in [7, 11) is 1.84. The van der Waals surface area contributed by atoms with Crippen LogP contribution in [-0.2, 0) is 4.74 Å². The first-order chi connectivity index (χ1) is 8.31. The molecule has 1 saturated heterocycles. The summed E-state index contributed by atoms with van der Waals surface area (Å²) in [6.45, 7) is 4.06. The molecule has 1 atom stereocenters. The van der Waals surface area contributed by atoms with Gasteiger partial charge in [0.2, 0.25) is 0 Å². The second kappa shape index (κ2) is 7.59. The number of hydrogen-bond acceptors (Lipinski definition) is 4. The zero-order chi connectivity index (χ0) is 12.1. The lowest BCUT2D eigenvalue weighted by Crippen LogP contribution is -2.36. The predicted molar refractivity (Wildman–Crippen MR) is 75.6 cm³/mol. The van der Waals surface area contributed by atoms with E-state index in [9.17, 15) is 5.11 Å². The van der Waals surface area contributed by atoms with Gasteiger partial charge >= 0.3 is 0 Å². The molecule has 1 aromatic rings. The van der Waals surface area contributed by atoms with Crippen LogP contribution in [0.1, 0.15) is 11.7 Å². The van der Waals surface area contributed by atoms with E-state index in [-0.39, 0.29) is 12.4 Å². The Bertz CT molecular complexity index is 339. The fourth-order valence-electron chi connectivity index (χ4n) is 2.04. The van der Waals surface area contributed by atoms with Gasteiger partial charge in [0.1, 0.15) is 0 Å². The second-order valence-electron chi connectivity index (χ2n) is 4.26. The number of ether oxygens (including phenoxy) is 1. The summed E-state index contributed by atoms with van der Waals surface area (Å²) >= 11 is 0. The fraction of sp³-hybridized carbons (Fsp3) is 0.538. The van der Waals surface area contributed by atoms with Gasteiger partial charge in [0.25, 0.3) is 0 Å². The van der Waals surface area contributed by atoms with E-state index in [0.717, 1.165) is 31.9 Å². The first-order valence-corrected chi connectivity index (χ1v) is 6.06. The molecule has 0 amide bonds. The van der Waals surface area contributed by atoms with E-state index in [0.29, 0.717) is 6.54 Å². The van der Waals surface area contributed by atoms with E-state index in [1.54, 1.807) is 0 Å². The smallest absolute Gasteiger partial charge is 0.0914 e. The van der Waals surface area contributed by atoms with Crippen LogP contribution < -0.4 is 10.2 Å². The number of halogens is 1. The van der Waals surface area contributed by atoms with Crippen LogP contribution in [0.15, 0.2) is 24.3 Å². The van der Waals surface area contributed by atoms with Gasteiger partial charge in [-0.3, -0.25) is 0 Å². The third-order valence-corrected chi connectivity index (χ3v) is 3.05. The third-order valence-electron chi connectivity index (χ3n) is 3.05. The van der Waals surface area contributed by atoms with Crippen LogP contribution in [0.25, 0.3) is 0 Å². The van der Waals surface area contributed by atoms with Gasteiger partial charge in [-0.1, -0.05) is 12.1 Å². The van der Waals surface area contributed by atoms with E-state index in [2.05, 4.69) is 22.3 Å². The molecule has 0 saturated carbocycles. The number of aliphatic hydroxyl groups is 1. The highest BCUT2D eigenvalue weighted by molar-refractivity contribution is 5.85. The van der Waals surface area contributed by atoms with E-state index >= 15 is 0 Å². The van der Waals surface area contributed by atoms with Gasteiger partial charge in [-0.05, 0) is 24.7 Å². The van der Waals surface area contributed by atoms with Crippen molar-refractivity contribution in [2.24, 2.45) is 0 Å². The molecule has 1 aromatic carbocycles. The van der Waals surface area contributed by atoms with Gasteiger partial charge in [-0.2, -0.15) is 0 Å². The van der Waals surface area contributed by atoms with Crippen molar-refractivity contribution < 1.29 is 9.84 Å². The Kier molecular flexibility index (Phi) is 6.43. The van der Waals surface area contributed by atoms with E-state index < -0.39 is 6.10 Å². The normalized spacial score (nSPS) is 17.1. The molecular weight excluding hydrogens is 252 g/mol. The summed E-state index contributed by atoms with van der Waals surface area (Å²) in [6, 6.07) is 8.12. The molecule has 1 aliphatic heterocycles. The molecule has 102 valence electrons. The lowest BCUT2D eigenvalue weighted by Gasteiger charge is -2.29. The molecule has 1 aliphatic rings. The Hall–Kier alpha value is -0.810. The number of likely N-dealkylation sites (N-methyl/N-ethyl adjacent to an activating group) is 1. The molecule has 0 bridgehead atoms. The van der Waals surface area contributed by atoms with E-state index in [1.807, 2.05) is 19.2 Å². The first-order valence-electron chi connectivity index (χ1n) is 6.06. The second-order valence-corrected chi connectivity index (χ2v) is 4.26. The van der Waals surface area contributed by atoms with Gasteiger partial charge in [0, 0.05) is 25.3 Å². The maximum Gasteiger partial charge on any atom is 0.0914 e. The number of rotatable bonds is 4. The fourth-order valence-corrected chi connectivity index (χ4v) is 2.04. The minimum atomic E-state index is -0.432. The van der Waals surface area contributed by atoms with Crippen LogP contribution >= 0.6 is 12.4 Å². The number of aliphatic hydroxyl groups excluding tert-OH is 1. The summed E-state index contributed by atoms with van der Waals surface area (Å²) < 4.78 is 5.33. The van der Waals surface area contributed by atoms with Crippen LogP contribution in [0.5, 0.6) is 0 Å². The molecular formula is C13H21ClN2O2. The zero-order valence-corrected chi connectivity index (χ0v) is 11.4. The zero-order valence-electron chi connectivity index (χ0n) is 10.6. The molecule has 18 heavy (non-hydrogen) atoms. The van der Waals surface area contributed by atoms with Crippen LogP contribution in [0.3, 0.4) is 0 Å². The topological polar surface area (TPSA) is 44.7 Å². The lowest BCUT2D eigenvalue weighted by atomic mass is 10.1. The molecule has 1 heterocycles. The average molecular weight is 273 g/mol. The van der Waals surface area contributed by atoms with Crippen molar-refractivity contribution in [3.63, 3.8) is 0 Å². The van der Waals surface area contributed by atoms with E-state index in [4.69, 9.17) is 4.74 Å². The van der Waals surface area contributed by atoms with Crippen molar-refractivity contribution in [2.45, 2.75) is 6.10 Å². The van der Waals surface area contributed by atoms with Crippen LogP contribution in [0.2, 0.25) is 0 Å². The summed E-state index contributed by atoms with van der Waals surface area (Å²) in [5, 5.41) is 12.8. The Morgan fingerprint density at radius 3 is 2.44 bits per heavy atom. The highest BCUT2D eigenvalue weighted by atomic mass is 35.5. The summed E-state index contributed by atoms with van der Waals surface area (Å²) in [6.07, 6.45) is -0.432. The van der Waals surface area contributed by atoms with Gasteiger partial charge in [-0.15, -0.1) is 12.4 Å². The largest absolute Gasteiger partial charge is 0.387 e. The van der Waals surface area contributed by atoms with Crippen molar-refractivity contribution in [3.8, 4) is 0 Å². The highest BCUT2D eigenvalue weighted by Gasteiger charge is 2.12. The first kappa shape index (κ1) is 15.2. The van der Waals surface area contributed by atoms with Crippen molar-refractivity contribution in [1.82, 2.24) is 5.32 Å². The minimum absolute atomic E-state index is 0. The standard InChI is InChI=1S/C13H20N2O2.ClH/c1-14-10-13(16)11-2-4-12(5-3-11)15-6-8-17-9-7-15;/h2-5,13-14,16H,6-10H2,1H3;1H. The number of hydrogen-bond donors (Lipinski definition) is 2. The number of morpholine rings is 1. The summed E-state index contributed by atoms with van der Waals surface area (Å²) in [5.41, 5.74) is 2.16. The number of nitrogens with one attached hydrogen (secondary N) is 1. The van der Waals surface area contributed by atoms with Crippen LogP contribution in [0, 0.1) is 0 Å². The molecule has 1 unspecified atom stereocenters. The molecule has 0 radical (unpaired) electrons.